The minimum atomic E-state index is -1.16. The predicted octanol–water partition coefficient (Wildman–Crippen LogP) is 12.6. The lowest BCUT2D eigenvalue weighted by Gasteiger charge is -2.35. The molecule has 0 atom stereocenters. The topological polar surface area (TPSA) is 25.8 Å². The Labute approximate surface area is 254 Å². The molecule has 1 aliphatic heterocycles. The molecule has 0 fully saturated rings. The minimum Gasteiger partial charge on any atom is -0.236 e. The van der Waals surface area contributed by atoms with Gasteiger partial charge in [0.05, 0.1) is 24.3 Å². The molecule has 0 aliphatic carbocycles. The molecular formula is C32H46N2S5. The number of unbranched alkanes of at least 4 members (excludes halogenated alkanes) is 9. The molecule has 1 aliphatic rings. The maximum atomic E-state index is 5.63. The number of thiophene rings is 2. The van der Waals surface area contributed by atoms with Gasteiger partial charge in [-0.25, -0.2) is 9.97 Å². The van der Waals surface area contributed by atoms with Crippen molar-refractivity contribution < 1.29 is 0 Å². The zero-order valence-corrected chi connectivity index (χ0v) is 28.7. The van der Waals surface area contributed by atoms with Crippen molar-refractivity contribution in [1.29, 1.82) is 0 Å². The van der Waals surface area contributed by atoms with E-state index in [1.165, 1.54) is 145 Å². The third-order valence-electron chi connectivity index (χ3n) is 8.03. The molecule has 2 nitrogen and oxygen atoms in total. The number of thiazole rings is 2. The van der Waals surface area contributed by atoms with E-state index in [0.717, 1.165) is 0 Å². The molecular weight excluding hydrogens is 573 g/mol. The molecule has 0 bridgehead atoms. The van der Waals surface area contributed by atoms with Crippen LogP contribution in [0.2, 0.25) is 0 Å². The third-order valence-corrected chi connectivity index (χ3v) is 17.1. The van der Waals surface area contributed by atoms with Crippen LogP contribution in [0, 0.1) is 13.8 Å². The van der Waals surface area contributed by atoms with Gasteiger partial charge in [0.15, 0.2) is 0 Å². The van der Waals surface area contributed by atoms with E-state index >= 15 is 0 Å². The molecule has 5 rings (SSSR count). The number of aryl methyl sites for hydroxylation is 3. The van der Waals surface area contributed by atoms with E-state index in [2.05, 4.69) is 40.7 Å². The van der Waals surface area contributed by atoms with E-state index in [1.807, 2.05) is 45.3 Å². The van der Waals surface area contributed by atoms with Crippen molar-refractivity contribution in [3.8, 4) is 19.6 Å². The number of hydrogen-bond acceptors (Lipinski definition) is 6. The molecule has 0 radical (unpaired) electrons. The van der Waals surface area contributed by atoms with Crippen LogP contribution in [0.1, 0.15) is 113 Å². The van der Waals surface area contributed by atoms with Crippen LogP contribution in [0.15, 0.2) is 16.1 Å². The van der Waals surface area contributed by atoms with Crippen LogP contribution >= 0.6 is 55.4 Å². The SMILES string of the molecule is CCCCCCc1cc2c(C)sc(-c3nc4c(s3)-c3sc(C)nc3S4(CCCCCC)CCCCCC)c2s1. The van der Waals surface area contributed by atoms with E-state index in [9.17, 15) is 0 Å². The number of rotatable bonds is 16. The van der Waals surface area contributed by atoms with Crippen LogP contribution in [0.25, 0.3) is 29.7 Å². The first-order valence-electron chi connectivity index (χ1n) is 15.3. The average Bonchev–Trinajstić information content (AvgIpc) is 3.72. The normalized spacial score (nSPS) is 14.8. The van der Waals surface area contributed by atoms with Crippen molar-refractivity contribution in [2.45, 2.75) is 128 Å². The summed E-state index contributed by atoms with van der Waals surface area (Å²) in [6.45, 7) is 11.5. The van der Waals surface area contributed by atoms with Gasteiger partial charge < -0.3 is 0 Å². The summed E-state index contributed by atoms with van der Waals surface area (Å²) in [5, 5.41) is 6.90. The lowest BCUT2D eigenvalue weighted by atomic mass is 10.1. The Morgan fingerprint density at radius 2 is 1.26 bits per heavy atom. The first-order chi connectivity index (χ1) is 19.0. The number of hydrogen-bond donors (Lipinski definition) is 0. The first-order valence-corrected chi connectivity index (χ1v) is 20.6. The van der Waals surface area contributed by atoms with Gasteiger partial charge >= 0.3 is 0 Å². The fourth-order valence-electron chi connectivity index (χ4n) is 5.88. The summed E-state index contributed by atoms with van der Waals surface area (Å²) in [5.74, 6) is 2.57. The summed E-state index contributed by atoms with van der Waals surface area (Å²) in [6.07, 6.45) is 17.1. The second-order valence-corrected chi connectivity index (χ2v) is 19.1. The Balaban J connectivity index is 1.52. The second kappa shape index (κ2) is 13.5. The summed E-state index contributed by atoms with van der Waals surface area (Å²) in [7, 11) is -1.16. The van der Waals surface area contributed by atoms with Crippen molar-refractivity contribution in [3.05, 3.63) is 20.8 Å². The van der Waals surface area contributed by atoms with Crippen LogP contribution in [0.4, 0.5) is 0 Å². The molecule has 5 heterocycles. The van der Waals surface area contributed by atoms with Crippen molar-refractivity contribution >= 4 is 65.5 Å². The molecule has 0 saturated carbocycles. The Morgan fingerprint density at radius 3 is 1.92 bits per heavy atom. The lowest BCUT2D eigenvalue weighted by molar-refractivity contribution is 0.670. The largest absolute Gasteiger partial charge is 0.236 e. The van der Waals surface area contributed by atoms with Gasteiger partial charge in [-0.05, 0) is 57.1 Å². The van der Waals surface area contributed by atoms with Crippen LogP contribution in [-0.2, 0) is 6.42 Å². The Morgan fingerprint density at radius 1 is 0.641 bits per heavy atom. The van der Waals surface area contributed by atoms with Gasteiger partial charge in [-0.3, -0.25) is 0 Å². The molecule has 39 heavy (non-hydrogen) atoms. The molecule has 0 N–H and O–H groups in total. The Kier molecular flexibility index (Phi) is 10.3. The summed E-state index contributed by atoms with van der Waals surface area (Å²) < 4.78 is 1.49. The summed E-state index contributed by atoms with van der Waals surface area (Å²) in [5.41, 5.74) is 0. The number of fused-ring (bicyclic) bond motifs is 4. The fourth-order valence-corrected chi connectivity index (χ4v) is 16.0. The van der Waals surface area contributed by atoms with Crippen molar-refractivity contribution in [1.82, 2.24) is 9.97 Å². The lowest BCUT2D eigenvalue weighted by Crippen LogP contribution is -2.11. The van der Waals surface area contributed by atoms with Crippen LogP contribution in [0.3, 0.4) is 0 Å². The molecule has 0 aromatic carbocycles. The quantitative estimate of drug-likeness (QED) is 0.117. The van der Waals surface area contributed by atoms with E-state index in [-0.39, 0.29) is 0 Å². The number of aromatic nitrogens is 2. The van der Waals surface area contributed by atoms with E-state index in [1.54, 1.807) is 4.88 Å². The molecule has 7 heteroatoms. The monoisotopic (exact) mass is 618 g/mol. The van der Waals surface area contributed by atoms with Crippen molar-refractivity contribution in [2.75, 3.05) is 11.5 Å². The van der Waals surface area contributed by atoms with Gasteiger partial charge in [0.25, 0.3) is 0 Å². The van der Waals surface area contributed by atoms with Crippen LogP contribution in [-0.4, -0.2) is 21.5 Å². The van der Waals surface area contributed by atoms with Crippen LogP contribution in [0.5, 0.6) is 0 Å². The highest BCUT2D eigenvalue weighted by Gasteiger charge is 2.44. The van der Waals surface area contributed by atoms with E-state index in [4.69, 9.17) is 9.97 Å². The van der Waals surface area contributed by atoms with Gasteiger partial charge in [0, 0.05) is 15.1 Å². The van der Waals surface area contributed by atoms with Gasteiger partial charge in [0.2, 0.25) is 0 Å². The maximum absolute atomic E-state index is 5.63. The molecule has 4 aromatic heterocycles. The zero-order valence-electron chi connectivity index (χ0n) is 24.6. The zero-order chi connectivity index (χ0) is 27.4. The molecule has 0 amide bonds. The standard InChI is InChI=1S/C32H46N2S5/c1-6-9-12-15-18-24-21-25-22(4)35-27(26(25)37-24)30-34-32-29(38-30)28-31(33-23(5)36-28)39(32,19-16-13-10-7-2)20-17-14-11-8-3/h21H,6-20H2,1-5H3. The Bertz CT molecular complexity index is 1360. The molecule has 4 aromatic rings. The summed E-state index contributed by atoms with van der Waals surface area (Å²) in [4.78, 5) is 18.3. The fraction of sp³-hybridized carbons (Fsp3) is 0.625. The predicted molar refractivity (Wildman–Crippen MR) is 181 cm³/mol. The van der Waals surface area contributed by atoms with Crippen molar-refractivity contribution in [2.24, 2.45) is 0 Å². The highest BCUT2D eigenvalue weighted by atomic mass is 32.3. The van der Waals surface area contributed by atoms with Crippen LogP contribution < -0.4 is 0 Å². The summed E-state index contributed by atoms with van der Waals surface area (Å²) >= 11 is 7.93. The molecule has 0 spiro atoms. The highest BCUT2D eigenvalue weighted by molar-refractivity contribution is 8.34. The maximum Gasteiger partial charge on any atom is 0.136 e. The summed E-state index contributed by atoms with van der Waals surface area (Å²) in [6, 6.07) is 2.49. The highest BCUT2D eigenvalue weighted by Crippen LogP contribution is 2.74. The Hall–Kier alpha value is -0.730. The van der Waals surface area contributed by atoms with E-state index < -0.39 is 10.0 Å². The van der Waals surface area contributed by atoms with Gasteiger partial charge in [0.1, 0.15) is 15.1 Å². The van der Waals surface area contributed by atoms with Crippen molar-refractivity contribution in [3.63, 3.8) is 0 Å². The van der Waals surface area contributed by atoms with Gasteiger partial charge in [-0.2, -0.15) is 10.0 Å². The molecule has 0 saturated heterocycles. The van der Waals surface area contributed by atoms with Gasteiger partial charge in [-0.15, -0.1) is 45.3 Å². The first kappa shape index (κ1) is 29.8. The van der Waals surface area contributed by atoms with Gasteiger partial charge in [-0.1, -0.05) is 78.6 Å². The number of nitrogens with zero attached hydrogens (tertiary/aromatic N) is 2. The van der Waals surface area contributed by atoms with E-state index in [0.29, 0.717) is 0 Å². The molecule has 0 unspecified atom stereocenters. The third kappa shape index (κ3) is 6.09. The molecule has 214 valence electrons. The second-order valence-electron chi connectivity index (χ2n) is 11.2. The smallest absolute Gasteiger partial charge is 0.136 e. The average molecular weight is 619 g/mol. The minimum absolute atomic E-state index is 1.16.